The SMILES string of the molecule is CC1=C(C(=O)O)N2C(=O)C(NC(=O)[C@H](N)c3ccc(CO)c(O)c3)[C@H]2SC1. The second-order valence-electron chi connectivity index (χ2n) is 6.35. The number of hydrogen-bond acceptors (Lipinski definition) is 7. The van der Waals surface area contributed by atoms with Gasteiger partial charge in [-0.15, -0.1) is 11.8 Å². The summed E-state index contributed by atoms with van der Waals surface area (Å²) in [7, 11) is 0. The van der Waals surface area contributed by atoms with Crippen molar-refractivity contribution in [3.63, 3.8) is 0 Å². The summed E-state index contributed by atoms with van der Waals surface area (Å²) in [6.07, 6.45) is 0. The number of fused-ring (bicyclic) bond motifs is 1. The molecule has 0 radical (unpaired) electrons. The number of aromatic hydroxyl groups is 1. The molecule has 9 nitrogen and oxygen atoms in total. The van der Waals surface area contributed by atoms with Crippen molar-refractivity contribution in [3.8, 4) is 5.75 Å². The molecule has 144 valence electrons. The van der Waals surface area contributed by atoms with Gasteiger partial charge in [-0.2, -0.15) is 0 Å². The van der Waals surface area contributed by atoms with Crippen molar-refractivity contribution in [1.82, 2.24) is 10.2 Å². The van der Waals surface area contributed by atoms with Gasteiger partial charge < -0.3 is 26.4 Å². The standard InChI is InChI=1S/C17H19N3O6S/c1-7-6-27-16-12(15(24)20(16)13(7)17(25)26)19-14(23)11(18)8-2-3-9(5-21)10(22)4-8/h2-4,11-12,16,21-22H,5-6,18H2,1H3,(H,19,23)(H,25,26)/t11-,12?,16-/m1/s1. The summed E-state index contributed by atoms with van der Waals surface area (Å²) in [5.41, 5.74) is 7.10. The van der Waals surface area contributed by atoms with Gasteiger partial charge in [-0.25, -0.2) is 4.79 Å². The predicted octanol–water partition coefficient (Wildman–Crippen LogP) is -0.357. The number of nitrogens with two attached hydrogens (primary N) is 1. The number of amides is 2. The average Bonchev–Trinajstić information content (AvgIpc) is 2.64. The maximum Gasteiger partial charge on any atom is 0.352 e. The number of β-lactam (4-membered cyclic amide) rings is 1. The Hall–Kier alpha value is -2.56. The van der Waals surface area contributed by atoms with Crippen LogP contribution in [0.4, 0.5) is 0 Å². The van der Waals surface area contributed by atoms with Gasteiger partial charge in [0.15, 0.2) is 0 Å². The van der Waals surface area contributed by atoms with Crippen LogP contribution in [-0.2, 0) is 21.0 Å². The van der Waals surface area contributed by atoms with E-state index < -0.39 is 35.2 Å². The van der Waals surface area contributed by atoms with Gasteiger partial charge >= 0.3 is 5.97 Å². The van der Waals surface area contributed by atoms with Crippen LogP contribution in [0.25, 0.3) is 0 Å². The fourth-order valence-corrected chi connectivity index (χ4v) is 4.37. The molecule has 6 N–H and O–H groups in total. The van der Waals surface area contributed by atoms with Crippen LogP contribution in [0.1, 0.15) is 24.1 Å². The van der Waals surface area contributed by atoms with Crippen molar-refractivity contribution in [3.05, 3.63) is 40.6 Å². The Kier molecular flexibility index (Phi) is 5.13. The number of phenols is 1. The molecule has 0 saturated carbocycles. The number of benzene rings is 1. The lowest BCUT2D eigenvalue weighted by atomic mass is 10.0. The normalized spacial score (nSPS) is 22.8. The monoisotopic (exact) mass is 393 g/mol. The number of aliphatic carboxylic acids is 1. The largest absolute Gasteiger partial charge is 0.508 e. The molecule has 0 bridgehead atoms. The Morgan fingerprint density at radius 1 is 1.44 bits per heavy atom. The number of carbonyl (C=O) groups is 3. The first-order chi connectivity index (χ1) is 12.8. The smallest absolute Gasteiger partial charge is 0.352 e. The number of carbonyl (C=O) groups excluding carboxylic acids is 2. The molecule has 1 unspecified atom stereocenters. The van der Waals surface area contributed by atoms with E-state index in [9.17, 15) is 24.6 Å². The molecule has 1 aromatic carbocycles. The first kappa shape index (κ1) is 19.2. The van der Waals surface area contributed by atoms with Gasteiger partial charge in [-0.3, -0.25) is 14.5 Å². The zero-order valence-electron chi connectivity index (χ0n) is 14.4. The fourth-order valence-electron chi connectivity index (χ4n) is 3.08. The average molecular weight is 393 g/mol. The Morgan fingerprint density at radius 3 is 2.74 bits per heavy atom. The summed E-state index contributed by atoms with van der Waals surface area (Å²) in [4.78, 5) is 37.4. The fraction of sp³-hybridized carbons (Fsp3) is 0.353. The molecule has 3 atom stereocenters. The van der Waals surface area contributed by atoms with Crippen molar-refractivity contribution < 1.29 is 29.7 Å². The summed E-state index contributed by atoms with van der Waals surface area (Å²) >= 11 is 1.37. The van der Waals surface area contributed by atoms with E-state index in [2.05, 4.69) is 5.32 Å². The highest BCUT2D eigenvalue weighted by Crippen LogP contribution is 2.40. The molecule has 0 spiro atoms. The van der Waals surface area contributed by atoms with Crippen LogP contribution in [0.2, 0.25) is 0 Å². The summed E-state index contributed by atoms with van der Waals surface area (Å²) in [5, 5.41) is 30.2. The van der Waals surface area contributed by atoms with Gasteiger partial charge in [-0.05, 0) is 24.1 Å². The molecular formula is C17H19N3O6S. The minimum atomic E-state index is -1.17. The predicted molar refractivity (Wildman–Crippen MR) is 96.3 cm³/mol. The van der Waals surface area contributed by atoms with Crippen LogP contribution in [0.3, 0.4) is 0 Å². The van der Waals surface area contributed by atoms with Crippen molar-refractivity contribution >= 4 is 29.5 Å². The highest BCUT2D eigenvalue weighted by atomic mass is 32.2. The Labute approximate surface area is 158 Å². The maximum atomic E-state index is 12.4. The number of carboxylic acids is 1. The van der Waals surface area contributed by atoms with E-state index in [-0.39, 0.29) is 18.1 Å². The van der Waals surface area contributed by atoms with Gasteiger partial charge in [0.2, 0.25) is 5.91 Å². The van der Waals surface area contributed by atoms with Crippen molar-refractivity contribution in [1.29, 1.82) is 0 Å². The minimum absolute atomic E-state index is 0.0388. The van der Waals surface area contributed by atoms with Crippen LogP contribution < -0.4 is 11.1 Å². The number of nitrogens with zero attached hydrogens (tertiary/aromatic N) is 1. The Balaban J connectivity index is 1.71. The molecule has 1 aromatic rings. The molecule has 10 heteroatoms. The molecule has 2 amide bonds. The van der Waals surface area contributed by atoms with E-state index in [0.717, 1.165) is 0 Å². The third-order valence-electron chi connectivity index (χ3n) is 4.58. The van der Waals surface area contributed by atoms with Crippen LogP contribution >= 0.6 is 11.8 Å². The first-order valence-corrected chi connectivity index (χ1v) is 9.17. The van der Waals surface area contributed by atoms with Crippen molar-refractivity contribution in [2.75, 3.05) is 5.75 Å². The summed E-state index contributed by atoms with van der Waals surface area (Å²) in [6, 6.07) is 2.26. The quantitative estimate of drug-likeness (QED) is 0.425. The molecule has 2 heterocycles. The molecule has 1 saturated heterocycles. The van der Waals surface area contributed by atoms with Crippen LogP contribution in [0.5, 0.6) is 5.75 Å². The zero-order chi connectivity index (χ0) is 19.9. The van der Waals surface area contributed by atoms with E-state index in [1.807, 2.05) is 0 Å². The number of hydrogen-bond donors (Lipinski definition) is 5. The van der Waals surface area contributed by atoms with Crippen LogP contribution in [0, 0.1) is 0 Å². The maximum absolute atomic E-state index is 12.4. The van der Waals surface area contributed by atoms with E-state index in [4.69, 9.17) is 10.8 Å². The third-order valence-corrected chi connectivity index (χ3v) is 6.00. The highest BCUT2D eigenvalue weighted by molar-refractivity contribution is 8.00. The van der Waals surface area contributed by atoms with E-state index in [1.54, 1.807) is 6.92 Å². The molecular weight excluding hydrogens is 374 g/mol. The number of aliphatic hydroxyl groups excluding tert-OH is 1. The molecule has 3 rings (SSSR count). The number of thioether (sulfide) groups is 1. The summed E-state index contributed by atoms with van der Waals surface area (Å²) in [5.74, 6) is -2.02. The van der Waals surface area contributed by atoms with Crippen LogP contribution in [0.15, 0.2) is 29.5 Å². The number of nitrogens with one attached hydrogen (secondary N) is 1. The van der Waals surface area contributed by atoms with Crippen molar-refractivity contribution in [2.45, 2.75) is 31.0 Å². The van der Waals surface area contributed by atoms with Gasteiger partial charge in [0.25, 0.3) is 5.91 Å². The van der Waals surface area contributed by atoms with Gasteiger partial charge in [0.05, 0.1) is 6.61 Å². The lowest BCUT2D eigenvalue weighted by molar-refractivity contribution is -0.150. The Morgan fingerprint density at radius 2 is 2.15 bits per heavy atom. The molecule has 27 heavy (non-hydrogen) atoms. The topological polar surface area (TPSA) is 153 Å². The van der Waals surface area contributed by atoms with E-state index in [1.165, 1.54) is 34.9 Å². The highest BCUT2D eigenvalue weighted by Gasteiger charge is 2.53. The number of rotatable bonds is 5. The minimum Gasteiger partial charge on any atom is -0.508 e. The second-order valence-corrected chi connectivity index (χ2v) is 7.46. The third kappa shape index (κ3) is 3.27. The molecule has 0 aromatic heterocycles. The lowest BCUT2D eigenvalue weighted by Crippen LogP contribution is -2.71. The molecule has 2 aliphatic heterocycles. The van der Waals surface area contributed by atoms with Crippen molar-refractivity contribution in [2.24, 2.45) is 5.73 Å². The molecule has 1 fully saturated rings. The van der Waals surface area contributed by atoms with Gasteiger partial charge in [0.1, 0.15) is 28.9 Å². The van der Waals surface area contributed by atoms with E-state index in [0.29, 0.717) is 22.5 Å². The first-order valence-electron chi connectivity index (χ1n) is 8.12. The molecule has 0 aliphatic carbocycles. The van der Waals surface area contributed by atoms with Gasteiger partial charge in [0, 0.05) is 11.3 Å². The number of aliphatic hydroxyl groups is 1. The lowest BCUT2D eigenvalue weighted by Gasteiger charge is -2.49. The van der Waals surface area contributed by atoms with Gasteiger partial charge in [-0.1, -0.05) is 12.1 Å². The Bertz CT molecular complexity index is 855. The summed E-state index contributed by atoms with van der Waals surface area (Å²) < 4.78 is 0. The van der Waals surface area contributed by atoms with Crippen LogP contribution in [-0.4, -0.2) is 55.2 Å². The second kappa shape index (κ2) is 7.22. The van der Waals surface area contributed by atoms with E-state index >= 15 is 0 Å². The summed E-state index contributed by atoms with van der Waals surface area (Å²) in [6.45, 7) is 1.31. The number of carboxylic acid groups (broad SMARTS) is 1. The zero-order valence-corrected chi connectivity index (χ0v) is 15.2. The molecule has 2 aliphatic rings.